The van der Waals surface area contributed by atoms with Crippen molar-refractivity contribution in [3.8, 4) is 22.8 Å². The molecule has 28 heavy (non-hydrogen) atoms. The number of hydrogen-bond donors (Lipinski definition) is 1. The Morgan fingerprint density at radius 3 is 2.86 bits per heavy atom. The van der Waals surface area contributed by atoms with Crippen LogP contribution in [0.4, 0.5) is 5.13 Å². The maximum absolute atomic E-state index is 12.5. The molecule has 0 saturated carbocycles. The summed E-state index contributed by atoms with van der Waals surface area (Å²) in [5.74, 6) is 1.99. The van der Waals surface area contributed by atoms with Gasteiger partial charge in [0.1, 0.15) is 0 Å². The summed E-state index contributed by atoms with van der Waals surface area (Å²) in [4.78, 5) is 18.4. The van der Waals surface area contributed by atoms with E-state index in [0.717, 1.165) is 30.5 Å². The van der Waals surface area contributed by atoms with E-state index in [1.54, 1.807) is 43.8 Å². The smallest absolute Gasteiger partial charge is 0.279 e. The summed E-state index contributed by atoms with van der Waals surface area (Å²) in [6.07, 6.45) is 3.13. The zero-order valence-electron chi connectivity index (χ0n) is 15.9. The molecule has 1 aliphatic rings. The highest BCUT2D eigenvalue weighted by Gasteiger charge is 2.22. The van der Waals surface area contributed by atoms with Gasteiger partial charge >= 0.3 is 0 Å². The molecule has 0 spiro atoms. The number of rotatable bonds is 5. The molecule has 8 heteroatoms. The third kappa shape index (κ3) is 3.60. The molecule has 1 aliphatic carbocycles. The highest BCUT2D eigenvalue weighted by atomic mass is 32.1. The number of nitrogens with zero attached hydrogens (tertiary/aromatic N) is 2. The molecule has 0 aliphatic heterocycles. The largest absolute Gasteiger partial charge is 0.493 e. The predicted octanol–water partition coefficient (Wildman–Crippen LogP) is 4.19. The number of methoxy groups -OCH3 is 2. The maximum Gasteiger partial charge on any atom is 0.279 e. The van der Waals surface area contributed by atoms with E-state index in [2.05, 4.69) is 22.4 Å². The Kier molecular flexibility index (Phi) is 5.04. The van der Waals surface area contributed by atoms with Crippen molar-refractivity contribution in [2.24, 2.45) is 5.92 Å². The molecular formula is C20H21N3O4S. The van der Waals surface area contributed by atoms with Crippen LogP contribution in [0.3, 0.4) is 0 Å². The van der Waals surface area contributed by atoms with Crippen LogP contribution in [0.5, 0.6) is 11.5 Å². The minimum atomic E-state index is -0.338. The van der Waals surface area contributed by atoms with Gasteiger partial charge in [-0.15, -0.1) is 11.3 Å². The fourth-order valence-corrected chi connectivity index (χ4v) is 4.43. The molecule has 1 aromatic carbocycles. The number of anilines is 1. The molecule has 4 rings (SSSR count). The highest BCUT2D eigenvalue weighted by Crippen LogP contribution is 2.34. The first-order valence-electron chi connectivity index (χ1n) is 9.06. The fourth-order valence-electron chi connectivity index (χ4n) is 3.26. The number of fused-ring (bicyclic) bond motifs is 1. The van der Waals surface area contributed by atoms with Crippen molar-refractivity contribution in [1.29, 1.82) is 0 Å². The SMILES string of the molecule is COc1ccc(-c2cc(C(=O)Nc3nc4c(s3)CC(C)CC4)no2)cc1OC. The van der Waals surface area contributed by atoms with E-state index in [4.69, 9.17) is 14.0 Å². The van der Waals surface area contributed by atoms with Crippen LogP contribution in [0.25, 0.3) is 11.3 Å². The summed E-state index contributed by atoms with van der Waals surface area (Å²) in [6.45, 7) is 2.24. The standard InChI is InChI=1S/C20H21N3O4S/c1-11-4-6-13-18(8-11)28-20(21-13)22-19(24)14-10-16(27-23-14)12-5-7-15(25-2)17(9-12)26-3/h5,7,9-11H,4,6,8H2,1-3H3,(H,21,22,24). The highest BCUT2D eigenvalue weighted by molar-refractivity contribution is 7.15. The van der Waals surface area contributed by atoms with Crippen LogP contribution < -0.4 is 14.8 Å². The van der Waals surface area contributed by atoms with Crippen molar-refractivity contribution in [3.63, 3.8) is 0 Å². The third-order valence-electron chi connectivity index (χ3n) is 4.82. The fraction of sp³-hybridized carbons (Fsp3) is 0.350. The van der Waals surface area contributed by atoms with Crippen LogP contribution in [0.1, 0.15) is 34.4 Å². The molecule has 2 heterocycles. The molecule has 3 aromatic rings. The molecule has 1 N–H and O–H groups in total. The first-order chi connectivity index (χ1) is 13.6. The van der Waals surface area contributed by atoms with Crippen molar-refractivity contribution < 1.29 is 18.8 Å². The summed E-state index contributed by atoms with van der Waals surface area (Å²) in [6, 6.07) is 6.97. The third-order valence-corrected chi connectivity index (χ3v) is 5.85. The van der Waals surface area contributed by atoms with Crippen molar-refractivity contribution in [3.05, 3.63) is 40.5 Å². The number of carbonyl (C=O) groups is 1. The van der Waals surface area contributed by atoms with Gasteiger partial charge in [0.05, 0.1) is 19.9 Å². The molecule has 7 nitrogen and oxygen atoms in total. The van der Waals surface area contributed by atoms with E-state index in [0.29, 0.717) is 28.3 Å². The molecule has 146 valence electrons. The van der Waals surface area contributed by atoms with Crippen LogP contribution in [0.2, 0.25) is 0 Å². The lowest BCUT2D eigenvalue weighted by atomic mass is 9.93. The molecule has 2 aromatic heterocycles. The first kappa shape index (κ1) is 18.5. The molecule has 0 fully saturated rings. The average molecular weight is 399 g/mol. The van der Waals surface area contributed by atoms with Gasteiger partial charge in [0.15, 0.2) is 28.1 Å². The molecule has 0 radical (unpaired) electrons. The number of hydrogen-bond acceptors (Lipinski definition) is 7. The number of thiazole rings is 1. The molecule has 1 amide bonds. The van der Waals surface area contributed by atoms with Gasteiger partial charge < -0.3 is 14.0 Å². The van der Waals surface area contributed by atoms with Gasteiger partial charge in [0, 0.05) is 16.5 Å². The van der Waals surface area contributed by atoms with Gasteiger partial charge in [-0.3, -0.25) is 10.1 Å². The Hall–Kier alpha value is -2.87. The van der Waals surface area contributed by atoms with Crippen LogP contribution in [-0.4, -0.2) is 30.3 Å². The lowest BCUT2D eigenvalue weighted by Crippen LogP contribution is -2.12. The predicted molar refractivity (Wildman–Crippen MR) is 106 cm³/mol. The monoisotopic (exact) mass is 399 g/mol. The molecule has 0 bridgehead atoms. The van der Waals surface area contributed by atoms with E-state index in [1.165, 1.54) is 4.88 Å². The van der Waals surface area contributed by atoms with Gasteiger partial charge in [-0.1, -0.05) is 12.1 Å². The average Bonchev–Trinajstić information content (AvgIpc) is 3.34. The zero-order valence-corrected chi connectivity index (χ0v) is 16.8. The lowest BCUT2D eigenvalue weighted by molar-refractivity contribution is 0.101. The Morgan fingerprint density at radius 1 is 1.25 bits per heavy atom. The van der Waals surface area contributed by atoms with Crippen LogP contribution in [0, 0.1) is 5.92 Å². The summed E-state index contributed by atoms with van der Waals surface area (Å²) < 4.78 is 15.9. The minimum absolute atomic E-state index is 0.200. The molecule has 1 unspecified atom stereocenters. The van der Waals surface area contributed by atoms with Crippen LogP contribution in [0.15, 0.2) is 28.8 Å². The van der Waals surface area contributed by atoms with E-state index in [-0.39, 0.29) is 11.6 Å². The maximum atomic E-state index is 12.5. The van der Waals surface area contributed by atoms with Crippen LogP contribution >= 0.6 is 11.3 Å². The van der Waals surface area contributed by atoms with Crippen molar-refractivity contribution >= 4 is 22.4 Å². The second kappa shape index (κ2) is 7.63. The lowest BCUT2D eigenvalue weighted by Gasteiger charge is -2.15. The number of benzene rings is 1. The van der Waals surface area contributed by atoms with E-state index < -0.39 is 0 Å². The normalized spacial score (nSPS) is 15.8. The second-order valence-electron chi connectivity index (χ2n) is 6.84. The number of ether oxygens (including phenoxy) is 2. The molecular weight excluding hydrogens is 378 g/mol. The quantitative estimate of drug-likeness (QED) is 0.692. The van der Waals surface area contributed by atoms with Gasteiger partial charge in [-0.2, -0.15) is 0 Å². The van der Waals surface area contributed by atoms with E-state index in [9.17, 15) is 4.79 Å². The van der Waals surface area contributed by atoms with Gasteiger partial charge in [0.2, 0.25) is 0 Å². The Labute approximate surface area is 166 Å². The zero-order chi connectivity index (χ0) is 19.7. The number of aryl methyl sites for hydroxylation is 1. The van der Waals surface area contributed by atoms with Gasteiger partial charge in [-0.05, 0) is 43.4 Å². The summed E-state index contributed by atoms with van der Waals surface area (Å²) in [5.41, 5.74) is 2.04. The number of aromatic nitrogens is 2. The van der Waals surface area contributed by atoms with E-state index in [1.807, 2.05) is 6.07 Å². The number of nitrogens with one attached hydrogen (secondary N) is 1. The second-order valence-corrected chi connectivity index (χ2v) is 7.92. The Balaban J connectivity index is 1.51. The van der Waals surface area contributed by atoms with Gasteiger partial charge in [0.25, 0.3) is 5.91 Å². The Morgan fingerprint density at radius 2 is 2.07 bits per heavy atom. The van der Waals surface area contributed by atoms with E-state index >= 15 is 0 Å². The minimum Gasteiger partial charge on any atom is -0.493 e. The first-order valence-corrected chi connectivity index (χ1v) is 9.88. The van der Waals surface area contributed by atoms with Crippen molar-refractivity contribution in [2.75, 3.05) is 19.5 Å². The number of carbonyl (C=O) groups excluding carboxylic acids is 1. The molecule has 0 saturated heterocycles. The molecule has 1 atom stereocenters. The van der Waals surface area contributed by atoms with Gasteiger partial charge in [-0.25, -0.2) is 4.98 Å². The number of amides is 1. The topological polar surface area (TPSA) is 86.5 Å². The van der Waals surface area contributed by atoms with Crippen molar-refractivity contribution in [2.45, 2.75) is 26.2 Å². The summed E-state index contributed by atoms with van der Waals surface area (Å²) in [7, 11) is 3.14. The Bertz CT molecular complexity index is 1010. The summed E-state index contributed by atoms with van der Waals surface area (Å²) >= 11 is 1.54. The van der Waals surface area contributed by atoms with Crippen molar-refractivity contribution in [1.82, 2.24) is 10.1 Å². The summed E-state index contributed by atoms with van der Waals surface area (Å²) in [5, 5.41) is 7.35. The van der Waals surface area contributed by atoms with Crippen LogP contribution in [-0.2, 0) is 12.8 Å².